The molecule has 110 valence electrons. The zero-order valence-electron chi connectivity index (χ0n) is 11.7. The van der Waals surface area contributed by atoms with Gasteiger partial charge in [-0.1, -0.05) is 18.2 Å². The van der Waals surface area contributed by atoms with E-state index >= 15 is 0 Å². The number of primary sulfonamides is 1. The molecule has 1 aliphatic carbocycles. The maximum absolute atomic E-state index is 11.5. The molecule has 0 atom stereocenters. The molecule has 0 amide bonds. The Hall–Kier alpha value is -1.85. The normalized spacial score (nSPS) is 15.0. The summed E-state index contributed by atoms with van der Waals surface area (Å²) in [7, 11) is -3.69. The van der Waals surface area contributed by atoms with E-state index in [1.807, 2.05) is 31.2 Å². The largest absolute Gasteiger partial charge is 0.490 e. The van der Waals surface area contributed by atoms with E-state index in [0.717, 1.165) is 35.3 Å². The van der Waals surface area contributed by atoms with Crippen LogP contribution >= 0.6 is 0 Å². The van der Waals surface area contributed by atoms with Gasteiger partial charge >= 0.3 is 0 Å². The van der Waals surface area contributed by atoms with E-state index in [4.69, 9.17) is 9.88 Å². The summed E-state index contributed by atoms with van der Waals surface area (Å²) in [4.78, 5) is 0.126. The van der Waals surface area contributed by atoms with Gasteiger partial charge in [0.1, 0.15) is 5.75 Å². The zero-order valence-corrected chi connectivity index (χ0v) is 12.6. The Labute approximate surface area is 124 Å². The monoisotopic (exact) mass is 303 g/mol. The summed E-state index contributed by atoms with van der Waals surface area (Å²) in [5, 5.41) is 5.19. The van der Waals surface area contributed by atoms with Crippen LogP contribution in [0.2, 0.25) is 0 Å². The Morgan fingerprint density at radius 3 is 2.33 bits per heavy atom. The molecule has 3 rings (SSSR count). The van der Waals surface area contributed by atoms with Gasteiger partial charge in [-0.05, 0) is 60.7 Å². The molecule has 4 nitrogen and oxygen atoms in total. The maximum Gasteiger partial charge on any atom is 0.238 e. The first-order valence-electron chi connectivity index (χ1n) is 6.84. The molecule has 2 aromatic carbocycles. The number of aryl methyl sites for hydroxylation is 1. The van der Waals surface area contributed by atoms with Gasteiger partial charge in [-0.25, -0.2) is 13.6 Å². The van der Waals surface area contributed by atoms with E-state index in [9.17, 15) is 8.42 Å². The van der Waals surface area contributed by atoms with Gasteiger partial charge in [-0.2, -0.15) is 0 Å². The molecule has 0 saturated heterocycles. The summed E-state index contributed by atoms with van der Waals surface area (Å²) >= 11 is 0. The maximum atomic E-state index is 11.5. The highest BCUT2D eigenvalue weighted by molar-refractivity contribution is 7.89. The molecule has 0 radical (unpaired) electrons. The van der Waals surface area contributed by atoms with Crippen molar-refractivity contribution in [3.05, 3.63) is 48.0 Å². The quantitative estimate of drug-likeness (QED) is 0.944. The second kappa shape index (κ2) is 5.16. The van der Waals surface area contributed by atoms with Gasteiger partial charge in [0.2, 0.25) is 10.0 Å². The molecule has 1 aliphatic rings. The first-order chi connectivity index (χ1) is 9.93. The summed E-state index contributed by atoms with van der Waals surface area (Å²) in [6.45, 7) is 1.94. The smallest absolute Gasteiger partial charge is 0.238 e. The van der Waals surface area contributed by atoms with Crippen LogP contribution in [0.15, 0.2) is 47.4 Å². The molecule has 1 fully saturated rings. The molecule has 21 heavy (non-hydrogen) atoms. The minimum Gasteiger partial charge on any atom is -0.490 e. The standard InChI is InChI=1S/C16H17NO3S/c1-11-2-9-15(21(17,18)19)10-16(11)12-3-5-13(6-4-12)20-14-7-8-14/h2-6,9-10,14H,7-8H2,1H3,(H2,17,18,19). The predicted molar refractivity (Wildman–Crippen MR) is 81.6 cm³/mol. The van der Waals surface area contributed by atoms with Crippen LogP contribution in [0.3, 0.4) is 0 Å². The third kappa shape index (κ3) is 3.25. The predicted octanol–water partition coefficient (Wildman–Crippen LogP) is 2.85. The molecule has 0 aromatic heterocycles. The molecule has 0 bridgehead atoms. The lowest BCUT2D eigenvalue weighted by Crippen LogP contribution is -2.12. The second-order valence-electron chi connectivity index (χ2n) is 5.36. The van der Waals surface area contributed by atoms with Crippen molar-refractivity contribution >= 4 is 10.0 Å². The molecule has 5 heteroatoms. The number of sulfonamides is 1. The van der Waals surface area contributed by atoms with Crippen LogP contribution in [0.25, 0.3) is 11.1 Å². The lowest BCUT2D eigenvalue weighted by molar-refractivity contribution is 0.303. The lowest BCUT2D eigenvalue weighted by atomic mass is 10.0. The van der Waals surface area contributed by atoms with Gasteiger partial charge in [0.15, 0.2) is 0 Å². The zero-order chi connectivity index (χ0) is 15.0. The van der Waals surface area contributed by atoms with Gasteiger partial charge in [-0.15, -0.1) is 0 Å². The summed E-state index contributed by atoms with van der Waals surface area (Å²) in [6, 6.07) is 12.6. The van der Waals surface area contributed by atoms with E-state index in [0.29, 0.717) is 6.10 Å². The third-order valence-electron chi connectivity index (χ3n) is 3.53. The summed E-state index contributed by atoms with van der Waals surface area (Å²) < 4.78 is 28.6. The van der Waals surface area contributed by atoms with Crippen LogP contribution in [-0.4, -0.2) is 14.5 Å². The minimum absolute atomic E-state index is 0.126. The van der Waals surface area contributed by atoms with E-state index in [1.54, 1.807) is 12.1 Å². The first kappa shape index (κ1) is 14.1. The topological polar surface area (TPSA) is 69.4 Å². The molecule has 1 saturated carbocycles. The van der Waals surface area contributed by atoms with Crippen molar-refractivity contribution in [3.63, 3.8) is 0 Å². The summed E-state index contributed by atoms with van der Waals surface area (Å²) in [5.74, 6) is 0.849. The van der Waals surface area contributed by atoms with Crippen molar-refractivity contribution in [2.24, 2.45) is 5.14 Å². The molecular formula is C16H17NO3S. The Morgan fingerprint density at radius 1 is 1.10 bits per heavy atom. The van der Waals surface area contributed by atoms with E-state index in [1.165, 1.54) is 6.07 Å². The van der Waals surface area contributed by atoms with E-state index < -0.39 is 10.0 Å². The molecule has 0 heterocycles. The van der Waals surface area contributed by atoms with E-state index in [-0.39, 0.29) is 4.90 Å². The number of benzene rings is 2. The summed E-state index contributed by atoms with van der Waals surface area (Å²) in [5.41, 5.74) is 2.80. The van der Waals surface area contributed by atoms with Crippen LogP contribution in [0.5, 0.6) is 5.75 Å². The van der Waals surface area contributed by atoms with Crippen molar-refractivity contribution in [2.75, 3.05) is 0 Å². The third-order valence-corrected chi connectivity index (χ3v) is 4.44. The lowest BCUT2D eigenvalue weighted by Gasteiger charge is -2.10. The van der Waals surface area contributed by atoms with Crippen molar-refractivity contribution in [3.8, 4) is 16.9 Å². The number of hydrogen-bond donors (Lipinski definition) is 1. The number of hydrogen-bond acceptors (Lipinski definition) is 3. The average molecular weight is 303 g/mol. The fourth-order valence-corrected chi connectivity index (χ4v) is 2.72. The van der Waals surface area contributed by atoms with Crippen molar-refractivity contribution < 1.29 is 13.2 Å². The van der Waals surface area contributed by atoms with Gasteiger partial charge in [0.05, 0.1) is 11.0 Å². The van der Waals surface area contributed by atoms with Crippen LogP contribution in [0, 0.1) is 6.92 Å². The van der Waals surface area contributed by atoms with Crippen molar-refractivity contribution in [1.82, 2.24) is 0 Å². The SMILES string of the molecule is Cc1ccc(S(N)(=O)=O)cc1-c1ccc(OC2CC2)cc1. The van der Waals surface area contributed by atoms with Crippen molar-refractivity contribution in [1.29, 1.82) is 0 Å². The molecule has 0 spiro atoms. The highest BCUT2D eigenvalue weighted by atomic mass is 32.2. The molecule has 0 unspecified atom stereocenters. The van der Waals surface area contributed by atoms with Gasteiger partial charge in [0.25, 0.3) is 0 Å². The van der Waals surface area contributed by atoms with Crippen LogP contribution < -0.4 is 9.88 Å². The fraction of sp³-hybridized carbons (Fsp3) is 0.250. The fourth-order valence-electron chi connectivity index (χ4n) is 2.18. The van der Waals surface area contributed by atoms with Crippen LogP contribution in [-0.2, 0) is 10.0 Å². The Bertz CT molecular complexity index is 763. The number of nitrogens with two attached hydrogens (primary N) is 1. The molecule has 2 aromatic rings. The number of ether oxygens (including phenoxy) is 1. The second-order valence-corrected chi connectivity index (χ2v) is 6.92. The highest BCUT2D eigenvalue weighted by Gasteiger charge is 2.23. The van der Waals surface area contributed by atoms with Crippen LogP contribution in [0.4, 0.5) is 0 Å². The van der Waals surface area contributed by atoms with E-state index in [2.05, 4.69) is 0 Å². The Kier molecular flexibility index (Phi) is 3.47. The summed E-state index contributed by atoms with van der Waals surface area (Å²) in [6.07, 6.45) is 2.61. The molecule has 2 N–H and O–H groups in total. The minimum atomic E-state index is -3.69. The average Bonchev–Trinajstić information content (AvgIpc) is 3.23. The van der Waals surface area contributed by atoms with Gasteiger partial charge < -0.3 is 4.74 Å². The molecule has 0 aliphatic heterocycles. The van der Waals surface area contributed by atoms with Gasteiger partial charge in [-0.3, -0.25) is 0 Å². The van der Waals surface area contributed by atoms with Crippen molar-refractivity contribution in [2.45, 2.75) is 30.8 Å². The Balaban J connectivity index is 1.95. The van der Waals surface area contributed by atoms with Gasteiger partial charge in [0, 0.05) is 0 Å². The first-order valence-corrected chi connectivity index (χ1v) is 8.39. The number of rotatable bonds is 4. The highest BCUT2D eigenvalue weighted by Crippen LogP contribution is 2.30. The van der Waals surface area contributed by atoms with Crippen LogP contribution in [0.1, 0.15) is 18.4 Å². The Morgan fingerprint density at radius 2 is 1.76 bits per heavy atom. The molecular weight excluding hydrogens is 286 g/mol.